The summed E-state index contributed by atoms with van der Waals surface area (Å²) in [5, 5.41) is 13.5. The van der Waals surface area contributed by atoms with Crippen LogP contribution in [0.1, 0.15) is 47.0 Å². The minimum atomic E-state index is -0.924. The monoisotopic (exact) mass is 330 g/mol. The maximum Gasteiger partial charge on any atom is 0.508 e. The van der Waals surface area contributed by atoms with Crippen LogP contribution in [0.2, 0.25) is 0 Å². The fraction of sp³-hybridized carbons (Fsp3) is 0.875. The lowest BCUT2D eigenvalue weighted by Crippen LogP contribution is -2.52. The normalized spacial score (nSPS) is 28.5. The number of ether oxygens (including phenoxy) is 2. The van der Waals surface area contributed by atoms with Crippen LogP contribution in [0.3, 0.4) is 0 Å². The molecule has 7 nitrogen and oxygen atoms in total. The van der Waals surface area contributed by atoms with Crippen molar-refractivity contribution >= 4 is 12.1 Å². The molecule has 134 valence electrons. The predicted octanol–water partition coefficient (Wildman–Crippen LogP) is 1.18. The first-order valence-corrected chi connectivity index (χ1v) is 8.39. The first-order chi connectivity index (χ1) is 10.8. The Kier molecular flexibility index (Phi) is 7.78. The molecule has 5 atom stereocenters. The van der Waals surface area contributed by atoms with Gasteiger partial charge >= 0.3 is 6.16 Å². The number of rotatable bonds is 7. The highest BCUT2D eigenvalue weighted by Crippen LogP contribution is 2.34. The van der Waals surface area contributed by atoms with Gasteiger partial charge in [0.1, 0.15) is 6.10 Å². The lowest BCUT2D eigenvalue weighted by atomic mass is 9.81. The van der Waals surface area contributed by atoms with Gasteiger partial charge in [-0.05, 0) is 12.8 Å². The van der Waals surface area contributed by atoms with Crippen molar-refractivity contribution in [3.63, 3.8) is 0 Å². The number of hydrogen-bond acceptors (Lipinski definition) is 6. The first kappa shape index (κ1) is 19.7. The second kappa shape index (κ2) is 9.08. The molecule has 0 heterocycles. The number of amides is 1. The van der Waals surface area contributed by atoms with Gasteiger partial charge in [0.15, 0.2) is 0 Å². The van der Waals surface area contributed by atoms with Gasteiger partial charge in [-0.15, -0.1) is 0 Å². The van der Waals surface area contributed by atoms with Crippen LogP contribution in [0.15, 0.2) is 0 Å². The number of carbonyl (C=O) groups excluding carboxylic acids is 2. The van der Waals surface area contributed by atoms with Crippen molar-refractivity contribution in [2.24, 2.45) is 17.6 Å². The Morgan fingerprint density at radius 1 is 1.30 bits per heavy atom. The van der Waals surface area contributed by atoms with Gasteiger partial charge in [0.05, 0.1) is 12.7 Å². The lowest BCUT2D eigenvalue weighted by molar-refractivity contribution is -0.121. The Bertz CT molecular complexity index is 400. The van der Waals surface area contributed by atoms with Crippen LogP contribution in [0.25, 0.3) is 0 Å². The average Bonchev–Trinajstić information content (AvgIpc) is 2.73. The Morgan fingerprint density at radius 2 is 1.91 bits per heavy atom. The van der Waals surface area contributed by atoms with Crippen LogP contribution >= 0.6 is 0 Å². The molecule has 4 N–H and O–H groups in total. The highest BCUT2D eigenvalue weighted by atomic mass is 16.7. The van der Waals surface area contributed by atoms with Crippen molar-refractivity contribution in [2.45, 2.75) is 71.2 Å². The second-order valence-electron chi connectivity index (χ2n) is 6.11. The molecule has 0 radical (unpaired) electrons. The maximum atomic E-state index is 11.6. The number of aliphatic hydroxyl groups excluding tert-OH is 1. The van der Waals surface area contributed by atoms with Crippen LogP contribution in [-0.4, -0.2) is 48.1 Å². The summed E-state index contributed by atoms with van der Waals surface area (Å²) in [6, 6.07) is -0.606. The molecule has 0 aromatic heterocycles. The number of hydrogen-bond donors (Lipinski definition) is 3. The summed E-state index contributed by atoms with van der Waals surface area (Å²) < 4.78 is 9.92. The summed E-state index contributed by atoms with van der Waals surface area (Å²) >= 11 is 0. The van der Waals surface area contributed by atoms with E-state index in [2.05, 4.69) is 5.32 Å². The number of aliphatic hydroxyl groups is 1. The van der Waals surface area contributed by atoms with Crippen molar-refractivity contribution in [1.82, 2.24) is 5.32 Å². The Balaban J connectivity index is 2.89. The van der Waals surface area contributed by atoms with Crippen molar-refractivity contribution in [1.29, 1.82) is 0 Å². The summed E-state index contributed by atoms with van der Waals surface area (Å²) in [5.74, 6) is -0.315. The van der Waals surface area contributed by atoms with Crippen LogP contribution in [0.4, 0.5) is 4.79 Å². The van der Waals surface area contributed by atoms with E-state index in [4.69, 9.17) is 15.2 Å². The van der Waals surface area contributed by atoms with Crippen molar-refractivity contribution in [3.05, 3.63) is 0 Å². The van der Waals surface area contributed by atoms with E-state index in [9.17, 15) is 14.7 Å². The fourth-order valence-corrected chi connectivity index (χ4v) is 3.50. The molecular weight excluding hydrogens is 300 g/mol. The van der Waals surface area contributed by atoms with Gasteiger partial charge in [0, 0.05) is 31.3 Å². The number of nitrogens with two attached hydrogens (primary N) is 1. The van der Waals surface area contributed by atoms with E-state index >= 15 is 0 Å². The smallest absolute Gasteiger partial charge is 0.435 e. The Labute approximate surface area is 137 Å². The largest absolute Gasteiger partial charge is 0.508 e. The zero-order valence-electron chi connectivity index (χ0n) is 14.5. The highest BCUT2D eigenvalue weighted by molar-refractivity contribution is 5.73. The van der Waals surface area contributed by atoms with Gasteiger partial charge in [-0.3, -0.25) is 4.79 Å². The second-order valence-corrected chi connectivity index (χ2v) is 6.11. The topological polar surface area (TPSA) is 111 Å². The third kappa shape index (κ3) is 5.07. The quantitative estimate of drug-likeness (QED) is 0.604. The maximum absolute atomic E-state index is 11.6. The van der Waals surface area contributed by atoms with E-state index in [1.165, 1.54) is 6.92 Å². The van der Waals surface area contributed by atoms with Crippen LogP contribution in [-0.2, 0) is 14.3 Å². The minimum absolute atomic E-state index is 0.156. The molecule has 0 unspecified atom stereocenters. The van der Waals surface area contributed by atoms with E-state index in [1.807, 2.05) is 13.8 Å². The zero-order chi connectivity index (χ0) is 17.6. The van der Waals surface area contributed by atoms with Gasteiger partial charge in [-0.1, -0.05) is 26.7 Å². The minimum Gasteiger partial charge on any atom is -0.435 e. The SMILES string of the molecule is CCOC(=O)O[C@@H]1C[C@H](N)[C@@H]([C@H](NC(C)=O)C(CC)CC)[C@H]1O. The number of carbonyl (C=O) groups is 2. The molecule has 1 rings (SSSR count). The molecule has 1 amide bonds. The Morgan fingerprint density at radius 3 is 2.39 bits per heavy atom. The van der Waals surface area contributed by atoms with E-state index in [0.717, 1.165) is 12.8 Å². The van der Waals surface area contributed by atoms with Crippen LogP contribution < -0.4 is 11.1 Å². The van der Waals surface area contributed by atoms with Crippen LogP contribution in [0.5, 0.6) is 0 Å². The molecule has 0 aromatic carbocycles. The number of nitrogens with one attached hydrogen (secondary N) is 1. The van der Waals surface area contributed by atoms with Crippen molar-refractivity contribution < 1.29 is 24.2 Å². The first-order valence-electron chi connectivity index (χ1n) is 8.39. The van der Waals surface area contributed by atoms with E-state index < -0.39 is 18.4 Å². The average molecular weight is 330 g/mol. The molecular formula is C16H30N2O5. The molecule has 0 aromatic rings. The molecule has 1 aliphatic rings. The van der Waals surface area contributed by atoms with Gasteiger partial charge in [0.25, 0.3) is 0 Å². The van der Waals surface area contributed by atoms with E-state index in [-0.39, 0.29) is 36.4 Å². The molecule has 23 heavy (non-hydrogen) atoms. The zero-order valence-corrected chi connectivity index (χ0v) is 14.5. The van der Waals surface area contributed by atoms with Crippen molar-refractivity contribution in [3.8, 4) is 0 Å². The molecule has 1 aliphatic carbocycles. The molecule has 7 heteroatoms. The van der Waals surface area contributed by atoms with Crippen molar-refractivity contribution in [2.75, 3.05) is 6.61 Å². The van der Waals surface area contributed by atoms with Gasteiger partial charge in [-0.2, -0.15) is 0 Å². The molecule has 0 bridgehead atoms. The third-order valence-corrected chi connectivity index (χ3v) is 4.63. The molecule has 0 saturated heterocycles. The lowest BCUT2D eigenvalue weighted by Gasteiger charge is -2.35. The van der Waals surface area contributed by atoms with Crippen LogP contribution in [0, 0.1) is 11.8 Å². The van der Waals surface area contributed by atoms with Gasteiger partial charge in [-0.25, -0.2) is 4.79 Å². The summed E-state index contributed by atoms with van der Waals surface area (Å²) in [5.41, 5.74) is 6.19. The molecule has 0 spiro atoms. The van der Waals surface area contributed by atoms with E-state index in [1.54, 1.807) is 6.92 Å². The molecule has 1 saturated carbocycles. The van der Waals surface area contributed by atoms with E-state index in [0.29, 0.717) is 6.42 Å². The fourth-order valence-electron chi connectivity index (χ4n) is 3.50. The van der Waals surface area contributed by atoms with Gasteiger partial charge < -0.3 is 25.6 Å². The third-order valence-electron chi connectivity index (χ3n) is 4.63. The summed E-state index contributed by atoms with van der Waals surface area (Å²) in [4.78, 5) is 23.1. The highest BCUT2D eigenvalue weighted by Gasteiger charge is 2.48. The summed E-state index contributed by atoms with van der Waals surface area (Å²) in [6.07, 6.45) is -0.364. The molecule has 1 fully saturated rings. The van der Waals surface area contributed by atoms with Gasteiger partial charge in [0.2, 0.25) is 5.91 Å². The summed E-state index contributed by atoms with van der Waals surface area (Å²) in [6.45, 7) is 7.43. The summed E-state index contributed by atoms with van der Waals surface area (Å²) in [7, 11) is 0. The predicted molar refractivity (Wildman–Crippen MR) is 85.7 cm³/mol. The standard InChI is InChI=1S/C16H30N2O5/c1-5-10(6-2)14(18-9(4)19)13-11(17)8-12(15(13)20)23-16(21)22-7-3/h10-15,20H,5-8,17H2,1-4H3,(H,18,19)/t11-,12+,13-,14+,15-/m0/s1. The Hall–Kier alpha value is -1.34. The molecule has 0 aliphatic heterocycles.